The summed E-state index contributed by atoms with van der Waals surface area (Å²) < 4.78 is 12.7. The third-order valence-electron chi connectivity index (χ3n) is 5.61. The van der Waals surface area contributed by atoms with Gasteiger partial charge in [0.25, 0.3) is 5.91 Å². The van der Waals surface area contributed by atoms with Crippen molar-refractivity contribution >= 4 is 91.2 Å². The SMILES string of the molecule is COc1cc(/C=C2\SC(=Nc3cccc(Cl)c3Cl)NC2=O)cc(I)c1OCc1cccc2ccccc12. The van der Waals surface area contributed by atoms with Crippen LogP contribution in [0.25, 0.3) is 16.8 Å². The van der Waals surface area contributed by atoms with Crippen LogP contribution in [0.3, 0.4) is 0 Å². The molecule has 4 aromatic carbocycles. The first kappa shape index (κ1) is 25.9. The van der Waals surface area contributed by atoms with Crippen LogP contribution in [-0.2, 0) is 11.4 Å². The Hall–Kier alpha value is -2.72. The lowest BCUT2D eigenvalue weighted by Gasteiger charge is -2.15. The molecule has 1 aliphatic rings. The van der Waals surface area contributed by atoms with Gasteiger partial charge in [-0.05, 0) is 86.6 Å². The molecular weight excluding hydrogens is 642 g/mol. The van der Waals surface area contributed by atoms with Crippen molar-refractivity contribution in [3.63, 3.8) is 0 Å². The van der Waals surface area contributed by atoms with Gasteiger partial charge in [-0.25, -0.2) is 4.99 Å². The number of nitrogens with one attached hydrogen (secondary N) is 1. The Kier molecular flexibility index (Phi) is 7.95. The van der Waals surface area contributed by atoms with Gasteiger partial charge in [0.2, 0.25) is 0 Å². The van der Waals surface area contributed by atoms with Gasteiger partial charge in [-0.1, -0.05) is 71.7 Å². The number of benzene rings is 4. The van der Waals surface area contributed by atoms with Gasteiger partial charge in [0.15, 0.2) is 16.7 Å². The molecule has 9 heteroatoms. The fourth-order valence-electron chi connectivity index (χ4n) is 3.85. The number of hydrogen-bond acceptors (Lipinski definition) is 5. The summed E-state index contributed by atoms with van der Waals surface area (Å²) in [5.41, 5.74) is 2.38. The molecule has 0 unspecified atom stereocenters. The van der Waals surface area contributed by atoms with Gasteiger partial charge in [0.05, 0.1) is 31.3 Å². The van der Waals surface area contributed by atoms with E-state index in [1.54, 1.807) is 31.4 Å². The van der Waals surface area contributed by atoms with E-state index in [9.17, 15) is 4.79 Å². The minimum absolute atomic E-state index is 0.243. The number of fused-ring (bicyclic) bond motifs is 1. The van der Waals surface area contributed by atoms with Crippen molar-refractivity contribution in [3.8, 4) is 11.5 Å². The zero-order chi connectivity index (χ0) is 25.9. The van der Waals surface area contributed by atoms with Crippen LogP contribution >= 0.6 is 57.6 Å². The summed E-state index contributed by atoms with van der Waals surface area (Å²) in [6, 6.07) is 23.4. The summed E-state index contributed by atoms with van der Waals surface area (Å²) in [6.07, 6.45) is 1.79. The molecule has 5 nitrogen and oxygen atoms in total. The molecular formula is C28H19Cl2IN2O3S. The highest BCUT2D eigenvalue weighted by Crippen LogP contribution is 2.38. The second-order valence-corrected chi connectivity index (χ2v) is 11.0. The van der Waals surface area contributed by atoms with Crippen molar-refractivity contribution in [1.82, 2.24) is 5.32 Å². The number of amides is 1. The highest BCUT2D eigenvalue weighted by atomic mass is 127. The third-order valence-corrected chi connectivity index (χ3v) is 8.13. The van der Waals surface area contributed by atoms with Crippen LogP contribution in [0.1, 0.15) is 11.1 Å². The minimum atomic E-state index is -0.243. The van der Waals surface area contributed by atoms with Crippen LogP contribution < -0.4 is 14.8 Å². The molecule has 1 saturated heterocycles. The molecule has 1 heterocycles. The Morgan fingerprint density at radius 3 is 2.68 bits per heavy atom. The van der Waals surface area contributed by atoms with E-state index in [-0.39, 0.29) is 5.91 Å². The van der Waals surface area contributed by atoms with Crippen LogP contribution in [0, 0.1) is 3.57 Å². The fourth-order valence-corrected chi connectivity index (χ4v) is 5.81. The smallest absolute Gasteiger partial charge is 0.264 e. The average Bonchev–Trinajstić information content (AvgIpc) is 3.24. The molecule has 0 aromatic heterocycles. The van der Waals surface area contributed by atoms with Gasteiger partial charge in [-0.2, -0.15) is 0 Å². The van der Waals surface area contributed by atoms with E-state index in [4.69, 9.17) is 32.7 Å². The van der Waals surface area contributed by atoms with Crippen molar-refractivity contribution in [2.45, 2.75) is 6.61 Å². The van der Waals surface area contributed by atoms with Crippen molar-refractivity contribution in [2.24, 2.45) is 4.99 Å². The maximum absolute atomic E-state index is 12.6. The molecule has 37 heavy (non-hydrogen) atoms. The molecule has 0 bridgehead atoms. The fraction of sp³-hybridized carbons (Fsp3) is 0.0714. The number of rotatable bonds is 6. The Morgan fingerprint density at radius 2 is 1.84 bits per heavy atom. The number of amidine groups is 1. The zero-order valence-corrected chi connectivity index (χ0v) is 23.9. The van der Waals surface area contributed by atoms with E-state index < -0.39 is 0 Å². The molecule has 186 valence electrons. The molecule has 0 radical (unpaired) electrons. The minimum Gasteiger partial charge on any atom is -0.493 e. The number of hydrogen-bond donors (Lipinski definition) is 1. The number of aliphatic imine (C=N–C) groups is 1. The second-order valence-electron chi connectivity index (χ2n) is 8.02. The average molecular weight is 661 g/mol. The number of thioether (sulfide) groups is 1. The topological polar surface area (TPSA) is 59.9 Å². The zero-order valence-electron chi connectivity index (χ0n) is 19.4. The molecule has 1 amide bonds. The first-order valence-corrected chi connectivity index (χ1v) is 13.8. The number of ether oxygens (including phenoxy) is 2. The summed E-state index contributed by atoms with van der Waals surface area (Å²) in [5.74, 6) is 0.994. The highest BCUT2D eigenvalue weighted by Gasteiger charge is 2.25. The lowest BCUT2D eigenvalue weighted by atomic mass is 10.1. The maximum Gasteiger partial charge on any atom is 0.264 e. The summed E-state index contributed by atoms with van der Waals surface area (Å²) >= 11 is 15.8. The molecule has 0 spiro atoms. The molecule has 4 aromatic rings. The van der Waals surface area contributed by atoms with Crippen LogP contribution in [0.4, 0.5) is 5.69 Å². The van der Waals surface area contributed by atoms with Crippen LogP contribution in [0.15, 0.2) is 82.7 Å². The first-order chi connectivity index (χ1) is 17.9. The van der Waals surface area contributed by atoms with Crippen LogP contribution in [-0.4, -0.2) is 18.2 Å². The monoisotopic (exact) mass is 660 g/mol. The molecule has 1 aliphatic heterocycles. The second kappa shape index (κ2) is 11.3. The molecule has 0 atom stereocenters. The predicted molar refractivity (Wildman–Crippen MR) is 161 cm³/mol. The standard InChI is InChI=1S/C28H19Cl2IN2O3S/c1-35-23-13-16(14-24-27(34)33-28(37-24)32-22-11-5-10-20(29)25(22)30)12-21(31)26(23)36-15-18-8-4-7-17-6-2-3-9-19(17)18/h2-14H,15H2,1H3,(H,32,33,34)/b24-14-. The van der Waals surface area contributed by atoms with Crippen molar-refractivity contribution in [1.29, 1.82) is 0 Å². The van der Waals surface area contributed by atoms with E-state index in [0.717, 1.165) is 20.1 Å². The van der Waals surface area contributed by atoms with Crippen molar-refractivity contribution in [2.75, 3.05) is 7.11 Å². The van der Waals surface area contributed by atoms with Gasteiger partial charge >= 0.3 is 0 Å². The van der Waals surface area contributed by atoms with Crippen molar-refractivity contribution in [3.05, 3.63) is 102 Å². The summed E-state index contributed by atoms with van der Waals surface area (Å²) in [6.45, 7) is 0.401. The molecule has 0 aliphatic carbocycles. The van der Waals surface area contributed by atoms with Crippen LogP contribution in [0.2, 0.25) is 10.0 Å². The summed E-state index contributed by atoms with van der Waals surface area (Å²) in [7, 11) is 1.60. The highest BCUT2D eigenvalue weighted by molar-refractivity contribution is 14.1. The first-order valence-electron chi connectivity index (χ1n) is 11.1. The molecule has 1 N–H and O–H groups in total. The Balaban J connectivity index is 1.38. The van der Waals surface area contributed by atoms with E-state index in [1.807, 2.05) is 30.3 Å². The van der Waals surface area contributed by atoms with Gasteiger partial charge in [0, 0.05) is 0 Å². The number of carbonyl (C=O) groups is 1. The number of carbonyl (C=O) groups excluding carboxylic acids is 1. The van der Waals surface area contributed by atoms with Gasteiger partial charge in [0.1, 0.15) is 6.61 Å². The third kappa shape index (κ3) is 5.75. The summed E-state index contributed by atoms with van der Waals surface area (Å²) in [5, 5.41) is 6.26. The van der Waals surface area contributed by atoms with E-state index >= 15 is 0 Å². The lowest BCUT2D eigenvalue weighted by Crippen LogP contribution is -2.19. The van der Waals surface area contributed by atoms with Gasteiger partial charge in [-0.15, -0.1) is 0 Å². The Bertz CT molecular complexity index is 1580. The van der Waals surface area contributed by atoms with Crippen LogP contribution in [0.5, 0.6) is 11.5 Å². The normalized spacial score (nSPS) is 15.4. The lowest BCUT2D eigenvalue weighted by molar-refractivity contribution is -0.115. The maximum atomic E-state index is 12.6. The summed E-state index contributed by atoms with van der Waals surface area (Å²) in [4.78, 5) is 17.6. The quantitative estimate of drug-likeness (QED) is 0.167. The number of nitrogens with zero attached hydrogens (tertiary/aromatic N) is 1. The number of methoxy groups -OCH3 is 1. The Morgan fingerprint density at radius 1 is 1.05 bits per heavy atom. The van der Waals surface area contributed by atoms with Crippen molar-refractivity contribution < 1.29 is 14.3 Å². The largest absolute Gasteiger partial charge is 0.493 e. The predicted octanol–water partition coefficient (Wildman–Crippen LogP) is 8.23. The number of halogens is 3. The molecule has 1 fully saturated rings. The van der Waals surface area contributed by atoms with E-state index in [2.05, 4.69) is 57.2 Å². The van der Waals surface area contributed by atoms with Gasteiger partial charge < -0.3 is 14.8 Å². The van der Waals surface area contributed by atoms with E-state index in [0.29, 0.717) is 43.9 Å². The van der Waals surface area contributed by atoms with E-state index in [1.165, 1.54) is 17.1 Å². The molecule has 0 saturated carbocycles. The molecule has 5 rings (SSSR count). The van der Waals surface area contributed by atoms with Gasteiger partial charge in [-0.3, -0.25) is 4.79 Å². The Labute approximate surface area is 242 Å².